The highest BCUT2D eigenvalue weighted by molar-refractivity contribution is 7.89. The number of nitrogens with two attached hydrogens (primary N) is 1. The second-order valence-electron chi connectivity index (χ2n) is 4.25. The van der Waals surface area contributed by atoms with Crippen molar-refractivity contribution in [2.24, 2.45) is 5.14 Å². The van der Waals surface area contributed by atoms with Crippen molar-refractivity contribution in [3.8, 4) is 0 Å². The van der Waals surface area contributed by atoms with Gasteiger partial charge in [-0.1, -0.05) is 0 Å². The normalized spacial score (nSPS) is 11.6. The molecule has 0 aromatic heterocycles. The first-order valence-electron chi connectivity index (χ1n) is 5.71. The highest BCUT2D eigenvalue weighted by Gasteiger charge is 2.17. The van der Waals surface area contributed by atoms with Crippen LogP contribution in [-0.2, 0) is 10.0 Å². The van der Waals surface area contributed by atoms with Crippen molar-refractivity contribution in [1.82, 2.24) is 4.90 Å². The summed E-state index contributed by atoms with van der Waals surface area (Å²) in [4.78, 5) is 13.8. The van der Waals surface area contributed by atoms with E-state index in [-0.39, 0.29) is 16.8 Å². The number of sulfonamides is 1. The van der Waals surface area contributed by atoms with Crippen molar-refractivity contribution in [2.75, 3.05) is 6.54 Å². The Kier molecular flexibility index (Phi) is 4.48. The molecule has 1 aromatic carbocycles. The molecule has 1 rings (SSSR count). The van der Waals surface area contributed by atoms with Gasteiger partial charge in [-0.05, 0) is 45.0 Å². The predicted molar refractivity (Wildman–Crippen MR) is 69.7 cm³/mol. The Hall–Kier alpha value is -1.40. The van der Waals surface area contributed by atoms with E-state index in [1.54, 1.807) is 4.90 Å². The molecule has 0 heterocycles. The number of benzene rings is 1. The standard InChI is InChI=1S/C12H18N2O3S/c1-4-14(9(2)3)12(15)10-5-7-11(8-6-10)18(13,16)17/h5-9H,4H2,1-3H3,(H2,13,16,17). The molecule has 0 aliphatic heterocycles. The van der Waals surface area contributed by atoms with Gasteiger partial charge < -0.3 is 4.90 Å². The molecule has 0 aliphatic carbocycles. The molecule has 0 spiro atoms. The number of carbonyl (C=O) groups is 1. The fourth-order valence-electron chi connectivity index (χ4n) is 1.70. The van der Waals surface area contributed by atoms with Crippen molar-refractivity contribution < 1.29 is 13.2 Å². The van der Waals surface area contributed by atoms with E-state index in [4.69, 9.17) is 5.14 Å². The molecule has 1 amide bonds. The lowest BCUT2D eigenvalue weighted by molar-refractivity contribution is 0.0717. The molecule has 6 heteroatoms. The van der Waals surface area contributed by atoms with E-state index in [2.05, 4.69) is 0 Å². The molecule has 0 saturated carbocycles. The summed E-state index contributed by atoms with van der Waals surface area (Å²) in [5.74, 6) is -0.117. The van der Waals surface area contributed by atoms with Gasteiger partial charge in [0.05, 0.1) is 4.90 Å². The summed E-state index contributed by atoms with van der Waals surface area (Å²) in [5.41, 5.74) is 0.456. The Bertz CT molecular complexity index is 521. The molecule has 2 N–H and O–H groups in total. The van der Waals surface area contributed by atoms with E-state index in [0.717, 1.165) is 0 Å². The molecule has 0 aliphatic rings. The summed E-state index contributed by atoms with van der Waals surface area (Å²) in [6.07, 6.45) is 0. The van der Waals surface area contributed by atoms with Crippen LogP contribution in [0.1, 0.15) is 31.1 Å². The highest BCUT2D eigenvalue weighted by atomic mass is 32.2. The quantitative estimate of drug-likeness (QED) is 0.892. The molecule has 0 atom stereocenters. The monoisotopic (exact) mass is 270 g/mol. The number of carbonyl (C=O) groups excluding carboxylic acids is 1. The Balaban J connectivity index is 3.02. The Labute approximate surface area is 108 Å². The second-order valence-corrected chi connectivity index (χ2v) is 5.82. The van der Waals surface area contributed by atoms with Gasteiger partial charge in [-0.3, -0.25) is 4.79 Å². The van der Waals surface area contributed by atoms with Gasteiger partial charge in [-0.25, -0.2) is 13.6 Å². The van der Waals surface area contributed by atoms with Gasteiger partial charge >= 0.3 is 0 Å². The van der Waals surface area contributed by atoms with Gasteiger partial charge in [-0.2, -0.15) is 0 Å². The molecule has 18 heavy (non-hydrogen) atoms. The summed E-state index contributed by atoms with van der Waals surface area (Å²) < 4.78 is 22.2. The molecule has 5 nitrogen and oxygen atoms in total. The zero-order valence-corrected chi connectivity index (χ0v) is 11.6. The SMILES string of the molecule is CCN(C(=O)c1ccc(S(N)(=O)=O)cc1)C(C)C. The number of primary sulfonamides is 1. The molecule has 0 fully saturated rings. The van der Waals surface area contributed by atoms with Crippen molar-refractivity contribution >= 4 is 15.9 Å². The molecular weight excluding hydrogens is 252 g/mol. The van der Waals surface area contributed by atoms with Crippen LogP contribution in [0.3, 0.4) is 0 Å². The number of hydrogen-bond acceptors (Lipinski definition) is 3. The minimum absolute atomic E-state index is 0.00615. The van der Waals surface area contributed by atoms with E-state index in [1.807, 2.05) is 20.8 Å². The molecular formula is C12H18N2O3S. The Morgan fingerprint density at radius 3 is 2.11 bits per heavy atom. The zero-order valence-electron chi connectivity index (χ0n) is 10.8. The number of rotatable bonds is 4. The van der Waals surface area contributed by atoms with E-state index in [1.165, 1.54) is 24.3 Å². The van der Waals surface area contributed by atoms with E-state index in [9.17, 15) is 13.2 Å². The minimum Gasteiger partial charge on any atom is -0.337 e. The third-order valence-corrected chi connectivity index (χ3v) is 3.58. The maximum absolute atomic E-state index is 12.1. The van der Waals surface area contributed by atoms with Gasteiger partial charge in [0.1, 0.15) is 0 Å². The topological polar surface area (TPSA) is 80.5 Å². The maximum atomic E-state index is 12.1. The third-order valence-electron chi connectivity index (χ3n) is 2.65. The average Bonchev–Trinajstić information content (AvgIpc) is 2.28. The number of nitrogens with zero attached hydrogens (tertiary/aromatic N) is 1. The highest BCUT2D eigenvalue weighted by Crippen LogP contribution is 2.12. The molecule has 100 valence electrons. The van der Waals surface area contributed by atoms with Gasteiger partial charge in [0.15, 0.2) is 0 Å². The Morgan fingerprint density at radius 2 is 1.78 bits per heavy atom. The van der Waals surface area contributed by atoms with Crippen molar-refractivity contribution in [3.63, 3.8) is 0 Å². The lowest BCUT2D eigenvalue weighted by Crippen LogP contribution is -2.36. The van der Waals surface area contributed by atoms with E-state index < -0.39 is 10.0 Å². The van der Waals surface area contributed by atoms with Crippen LogP contribution >= 0.6 is 0 Å². The molecule has 0 bridgehead atoms. The van der Waals surface area contributed by atoms with Gasteiger partial charge in [0.25, 0.3) is 5.91 Å². The van der Waals surface area contributed by atoms with Crippen molar-refractivity contribution in [2.45, 2.75) is 31.7 Å². The number of hydrogen-bond donors (Lipinski definition) is 1. The summed E-state index contributed by atoms with van der Waals surface area (Å²) in [5, 5.41) is 4.99. The summed E-state index contributed by atoms with van der Waals surface area (Å²) in [6, 6.07) is 5.74. The van der Waals surface area contributed by atoms with E-state index >= 15 is 0 Å². The average molecular weight is 270 g/mol. The fraction of sp³-hybridized carbons (Fsp3) is 0.417. The van der Waals surface area contributed by atoms with Crippen LogP contribution in [0.5, 0.6) is 0 Å². The first-order chi connectivity index (χ1) is 8.27. The first kappa shape index (κ1) is 14.7. The molecule has 0 radical (unpaired) electrons. The third kappa shape index (κ3) is 3.30. The van der Waals surface area contributed by atoms with Crippen molar-refractivity contribution in [3.05, 3.63) is 29.8 Å². The second kappa shape index (κ2) is 5.49. The van der Waals surface area contributed by atoms with Crippen LogP contribution in [0.4, 0.5) is 0 Å². The van der Waals surface area contributed by atoms with Crippen molar-refractivity contribution in [1.29, 1.82) is 0 Å². The summed E-state index contributed by atoms with van der Waals surface area (Å²) >= 11 is 0. The fourth-order valence-corrected chi connectivity index (χ4v) is 2.21. The first-order valence-corrected chi connectivity index (χ1v) is 7.25. The molecule has 0 saturated heterocycles. The predicted octanol–water partition coefficient (Wildman–Crippen LogP) is 1.20. The van der Waals surface area contributed by atoms with Crippen LogP contribution < -0.4 is 5.14 Å². The lowest BCUT2D eigenvalue weighted by atomic mass is 10.2. The van der Waals surface area contributed by atoms with Gasteiger partial charge in [-0.15, -0.1) is 0 Å². The minimum atomic E-state index is -3.71. The molecule has 0 unspecified atom stereocenters. The lowest BCUT2D eigenvalue weighted by Gasteiger charge is -2.25. The summed E-state index contributed by atoms with van der Waals surface area (Å²) in [7, 11) is -3.71. The largest absolute Gasteiger partial charge is 0.337 e. The van der Waals surface area contributed by atoms with Gasteiger partial charge in [0, 0.05) is 18.2 Å². The molecule has 1 aromatic rings. The maximum Gasteiger partial charge on any atom is 0.254 e. The van der Waals surface area contributed by atoms with Crippen LogP contribution in [0.15, 0.2) is 29.2 Å². The zero-order chi connectivity index (χ0) is 13.9. The van der Waals surface area contributed by atoms with Crippen LogP contribution in [0.25, 0.3) is 0 Å². The van der Waals surface area contributed by atoms with Crippen LogP contribution in [-0.4, -0.2) is 31.8 Å². The van der Waals surface area contributed by atoms with Crippen LogP contribution in [0.2, 0.25) is 0 Å². The smallest absolute Gasteiger partial charge is 0.254 e. The Morgan fingerprint density at radius 1 is 1.28 bits per heavy atom. The van der Waals surface area contributed by atoms with Crippen LogP contribution in [0, 0.1) is 0 Å². The number of amides is 1. The van der Waals surface area contributed by atoms with Gasteiger partial charge in [0.2, 0.25) is 10.0 Å². The van der Waals surface area contributed by atoms with E-state index in [0.29, 0.717) is 12.1 Å². The summed E-state index contributed by atoms with van der Waals surface area (Å²) in [6.45, 7) is 6.37.